The minimum absolute atomic E-state index is 0.260. The second-order valence-corrected chi connectivity index (χ2v) is 7.32. The van der Waals surface area contributed by atoms with E-state index >= 15 is 0 Å². The molecule has 0 bridgehead atoms. The third-order valence-corrected chi connectivity index (χ3v) is 4.31. The summed E-state index contributed by atoms with van der Waals surface area (Å²) in [6, 6.07) is 9.99. The Morgan fingerprint density at radius 2 is 1.68 bits per heavy atom. The first kappa shape index (κ1) is 19.8. The fourth-order valence-electron chi connectivity index (χ4n) is 2.52. The average Bonchev–Trinajstić information content (AvgIpc) is 2.61. The van der Waals surface area contributed by atoms with E-state index in [4.69, 9.17) is 9.47 Å². The standard InChI is InChI=1S/C20H15BrFNO5/c1-20(2)27-18(25)15(19(26)28-20)10-23-16-8-5-12(21)9-14(16)17(24)11-3-6-13(22)7-4-11/h3-10,23H,1-2H3. The number of nitrogens with one attached hydrogen (secondary N) is 1. The van der Waals surface area contributed by atoms with Gasteiger partial charge in [-0.25, -0.2) is 14.0 Å². The van der Waals surface area contributed by atoms with Gasteiger partial charge in [-0.1, -0.05) is 15.9 Å². The van der Waals surface area contributed by atoms with Crippen molar-refractivity contribution in [3.05, 3.63) is 75.7 Å². The minimum Gasteiger partial charge on any atom is -0.419 e. The maximum Gasteiger partial charge on any atom is 0.350 e. The lowest BCUT2D eigenvalue weighted by molar-refractivity contribution is -0.222. The van der Waals surface area contributed by atoms with E-state index in [0.29, 0.717) is 10.2 Å². The van der Waals surface area contributed by atoms with Crippen LogP contribution in [0.1, 0.15) is 29.8 Å². The van der Waals surface area contributed by atoms with E-state index in [-0.39, 0.29) is 22.5 Å². The molecule has 144 valence electrons. The van der Waals surface area contributed by atoms with Gasteiger partial charge in [-0.2, -0.15) is 0 Å². The highest BCUT2D eigenvalue weighted by Gasteiger charge is 2.39. The number of anilines is 1. The molecule has 0 saturated carbocycles. The third kappa shape index (κ3) is 4.28. The topological polar surface area (TPSA) is 81.7 Å². The number of hydrogen-bond donors (Lipinski definition) is 1. The molecule has 0 amide bonds. The van der Waals surface area contributed by atoms with Crippen LogP contribution in [0, 0.1) is 5.82 Å². The Balaban J connectivity index is 1.91. The molecule has 0 unspecified atom stereocenters. The van der Waals surface area contributed by atoms with E-state index in [1.54, 1.807) is 18.2 Å². The first-order valence-corrected chi connectivity index (χ1v) is 8.99. The lowest BCUT2D eigenvalue weighted by Gasteiger charge is -2.29. The molecule has 1 aliphatic heterocycles. The summed E-state index contributed by atoms with van der Waals surface area (Å²) in [4.78, 5) is 36.9. The number of ketones is 1. The molecule has 2 aromatic rings. The van der Waals surface area contributed by atoms with Crippen LogP contribution in [-0.2, 0) is 19.1 Å². The molecule has 1 N–H and O–H groups in total. The summed E-state index contributed by atoms with van der Waals surface area (Å²) in [7, 11) is 0. The van der Waals surface area contributed by atoms with Gasteiger partial charge in [0.05, 0.1) is 0 Å². The summed E-state index contributed by atoms with van der Waals surface area (Å²) >= 11 is 3.30. The molecular weight excluding hydrogens is 433 g/mol. The SMILES string of the molecule is CC1(C)OC(=O)C(=CNc2ccc(Br)cc2C(=O)c2ccc(F)cc2)C(=O)O1. The van der Waals surface area contributed by atoms with Crippen molar-refractivity contribution >= 4 is 39.3 Å². The Morgan fingerprint density at radius 1 is 1.07 bits per heavy atom. The zero-order valence-corrected chi connectivity index (χ0v) is 16.5. The highest BCUT2D eigenvalue weighted by atomic mass is 79.9. The lowest BCUT2D eigenvalue weighted by atomic mass is 10.0. The van der Waals surface area contributed by atoms with Crippen molar-refractivity contribution in [1.29, 1.82) is 0 Å². The number of rotatable bonds is 4. The lowest BCUT2D eigenvalue weighted by Crippen LogP contribution is -2.42. The zero-order valence-electron chi connectivity index (χ0n) is 14.9. The summed E-state index contributed by atoms with van der Waals surface area (Å²) in [5, 5.41) is 2.78. The number of carbonyl (C=O) groups is 3. The van der Waals surface area contributed by atoms with Gasteiger partial charge >= 0.3 is 11.9 Å². The fraction of sp³-hybridized carbons (Fsp3) is 0.150. The van der Waals surface area contributed by atoms with E-state index in [1.807, 2.05) is 0 Å². The minimum atomic E-state index is -1.34. The molecule has 2 aromatic carbocycles. The predicted octanol–water partition coefficient (Wildman–Crippen LogP) is 3.95. The molecule has 28 heavy (non-hydrogen) atoms. The van der Waals surface area contributed by atoms with E-state index in [0.717, 1.165) is 6.20 Å². The normalized spacial score (nSPS) is 15.5. The van der Waals surface area contributed by atoms with Crippen LogP contribution >= 0.6 is 15.9 Å². The summed E-state index contributed by atoms with van der Waals surface area (Å²) < 4.78 is 23.8. The molecule has 1 fully saturated rings. The van der Waals surface area contributed by atoms with Crippen LogP contribution < -0.4 is 5.32 Å². The fourth-order valence-corrected chi connectivity index (χ4v) is 2.88. The zero-order chi connectivity index (χ0) is 20.5. The number of halogens is 2. The van der Waals surface area contributed by atoms with E-state index in [9.17, 15) is 18.8 Å². The van der Waals surface area contributed by atoms with Gasteiger partial charge in [0.1, 0.15) is 5.82 Å². The highest BCUT2D eigenvalue weighted by Crippen LogP contribution is 2.26. The first-order valence-electron chi connectivity index (χ1n) is 8.19. The van der Waals surface area contributed by atoms with E-state index < -0.39 is 23.5 Å². The van der Waals surface area contributed by atoms with Crippen LogP contribution in [0.15, 0.2) is 58.7 Å². The van der Waals surface area contributed by atoms with Crippen molar-refractivity contribution in [3.8, 4) is 0 Å². The van der Waals surface area contributed by atoms with Crippen molar-refractivity contribution in [2.45, 2.75) is 19.6 Å². The molecule has 3 rings (SSSR count). The number of esters is 2. The molecule has 1 aliphatic rings. The Hall–Kier alpha value is -3.00. The third-order valence-electron chi connectivity index (χ3n) is 3.82. The van der Waals surface area contributed by atoms with Gasteiger partial charge < -0.3 is 14.8 Å². The quantitative estimate of drug-likeness (QED) is 0.330. The maximum atomic E-state index is 13.1. The molecule has 0 spiro atoms. The van der Waals surface area contributed by atoms with Crippen molar-refractivity contribution in [3.63, 3.8) is 0 Å². The molecule has 0 aliphatic carbocycles. The highest BCUT2D eigenvalue weighted by molar-refractivity contribution is 9.10. The van der Waals surface area contributed by atoms with Crippen LogP contribution in [0.3, 0.4) is 0 Å². The van der Waals surface area contributed by atoms with Gasteiger partial charge in [0.15, 0.2) is 11.4 Å². The van der Waals surface area contributed by atoms with Gasteiger partial charge in [-0.3, -0.25) is 4.79 Å². The largest absolute Gasteiger partial charge is 0.419 e. The van der Waals surface area contributed by atoms with E-state index in [2.05, 4.69) is 21.2 Å². The van der Waals surface area contributed by atoms with Crippen LogP contribution in [0.5, 0.6) is 0 Å². The molecule has 0 radical (unpaired) electrons. The van der Waals surface area contributed by atoms with E-state index in [1.165, 1.54) is 38.1 Å². The maximum absolute atomic E-state index is 13.1. The van der Waals surface area contributed by atoms with Crippen LogP contribution in [-0.4, -0.2) is 23.5 Å². The Morgan fingerprint density at radius 3 is 2.29 bits per heavy atom. The second kappa shape index (κ2) is 7.55. The molecule has 6 nitrogen and oxygen atoms in total. The number of cyclic esters (lactones) is 2. The summed E-state index contributed by atoms with van der Waals surface area (Å²) in [6.45, 7) is 2.89. The van der Waals surface area contributed by atoms with Crippen LogP contribution in [0.2, 0.25) is 0 Å². The Labute approximate surface area is 168 Å². The number of benzene rings is 2. The van der Waals surface area contributed by atoms with Gasteiger partial charge in [0, 0.05) is 41.3 Å². The van der Waals surface area contributed by atoms with Gasteiger partial charge in [-0.05, 0) is 42.5 Å². The van der Waals surface area contributed by atoms with Crippen LogP contribution in [0.4, 0.5) is 10.1 Å². The van der Waals surface area contributed by atoms with Crippen molar-refractivity contribution in [2.75, 3.05) is 5.32 Å². The van der Waals surface area contributed by atoms with Gasteiger partial charge in [0.25, 0.3) is 5.79 Å². The van der Waals surface area contributed by atoms with Crippen molar-refractivity contribution in [1.82, 2.24) is 0 Å². The Bertz CT molecular complexity index is 976. The summed E-state index contributed by atoms with van der Waals surface area (Å²) in [6.07, 6.45) is 1.13. The van der Waals surface area contributed by atoms with Crippen molar-refractivity contribution in [2.24, 2.45) is 0 Å². The second-order valence-electron chi connectivity index (χ2n) is 6.41. The summed E-state index contributed by atoms with van der Waals surface area (Å²) in [5.74, 6) is -3.83. The molecular formula is C20H15BrFNO5. The molecule has 1 saturated heterocycles. The molecule has 0 aromatic heterocycles. The number of ether oxygens (including phenoxy) is 2. The first-order chi connectivity index (χ1) is 13.2. The number of carbonyl (C=O) groups excluding carboxylic acids is 3. The number of hydrogen-bond acceptors (Lipinski definition) is 6. The average molecular weight is 448 g/mol. The van der Waals surface area contributed by atoms with Crippen LogP contribution in [0.25, 0.3) is 0 Å². The predicted molar refractivity (Wildman–Crippen MR) is 102 cm³/mol. The molecule has 8 heteroatoms. The monoisotopic (exact) mass is 447 g/mol. The molecule has 0 atom stereocenters. The smallest absolute Gasteiger partial charge is 0.350 e. The van der Waals surface area contributed by atoms with Crippen molar-refractivity contribution < 1.29 is 28.2 Å². The van der Waals surface area contributed by atoms with Gasteiger partial charge in [0.2, 0.25) is 0 Å². The van der Waals surface area contributed by atoms with Gasteiger partial charge in [-0.15, -0.1) is 0 Å². The summed E-state index contributed by atoms with van der Waals surface area (Å²) in [5.41, 5.74) is 0.557. The molecule has 1 heterocycles. The Kier molecular flexibility index (Phi) is 5.33.